The lowest BCUT2D eigenvalue weighted by Crippen LogP contribution is -2.31. The first-order chi connectivity index (χ1) is 14.0. The summed E-state index contributed by atoms with van der Waals surface area (Å²) in [6.45, 7) is 2.37. The molecule has 0 aliphatic heterocycles. The van der Waals surface area contributed by atoms with Crippen LogP contribution in [0.4, 0.5) is 0 Å². The number of likely N-dealkylation sites (N-methyl/N-ethyl adjacent to an activating group) is 1. The molecule has 2 N–H and O–H groups in total. The second kappa shape index (κ2) is 9.44. The maximum absolute atomic E-state index is 12.4. The molecular formula is C20H26N6O3. The highest BCUT2D eigenvalue weighted by atomic mass is 16.5. The second-order valence-corrected chi connectivity index (χ2v) is 7.00. The molecule has 0 unspecified atom stereocenters. The molecular weight excluding hydrogens is 372 g/mol. The van der Waals surface area contributed by atoms with Gasteiger partial charge < -0.3 is 15.0 Å². The number of rotatable bonds is 9. The van der Waals surface area contributed by atoms with Gasteiger partial charge in [-0.15, -0.1) is 0 Å². The number of methoxy groups -OCH3 is 1. The van der Waals surface area contributed by atoms with E-state index in [1.807, 2.05) is 31.1 Å². The first kappa shape index (κ1) is 20.7. The number of aryl methyl sites for hydroxylation is 1. The Balaban J connectivity index is 1.85. The number of nitrogens with one attached hydrogen (secondary N) is 2. The fourth-order valence-corrected chi connectivity index (χ4v) is 2.95. The van der Waals surface area contributed by atoms with Crippen LogP contribution in [-0.2, 0) is 11.3 Å². The fraction of sp³-hybridized carbons (Fsp3) is 0.400. The van der Waals surface area contributed by atoms with Crippen molar-refractivity contribution in [1.82, 2.24) is 29.7 Å². The normalized spacial score (nSPS) is 11.3. The van der Waals surface area contributed by atoms with E-state index in [4.69, 9.17) is 4.74 Å². The van der Waals surface area contributed by atoms with Gasteiger partial charge in [-0.25, -0.2) is 14.8 Å². The first-order valence-electron chi connectivity index (χ1n) is 9.47. The van der Waals surface area contributed by atoms with Crippen LogP contribution in [-0.4, -0.2) is 71.2 Å². The maximum atomic E-state index is 12.4. The van der Waals surface area contributed by atoms with E-state index < -0.39 is 0 Å². The van der Waals surface area contributed by atoms with Crippen molar-refractivity contribution in [1.29, 1.82) is 0 Å². The minimum absolute atomic E-state index is 0.138. The number of hydrogen-bond acceptors (Lipinski definition) is 6. The summed E-state index contributed by atoms with van der Waals surface area (Å²) in [6, 6.07) is 7.22. The van der Waals surface area contributed by atoms with E-state index in [9.17, 15) is 9.59 Å². The van der Waals surface area contributed by atoms with E-state index >= 15 is 0 Å². The van der Waals surface area contributed by atoms with E-state index in [1.165, 1.54) is 0 Å². The number of H-pyrrole nitrogens is 1. The highest BCUT2D eigenvalue weighted by molar-refractivity contribution is 5.95. The molecule has 2 aromatic heterocycles. The van der Waals surface area contributed by atoms with Crippen molar-refractivity contribution in [3.8, 4) is 11.3 Å². The summed E-state index contributed by atoms with van der Waals surface area (Å²) < 4.78 is 6.62. The van der Waals surface area contributed by atoms with Crippen LogP contribution in [0.5, 0.6) is 0 Å². The van der Waals surface area contributed by atoms with Crippen LogP contribution in [0, 0.1) is 0 Å². The van der Waals surface area contributed by atoms with Gasteiger partial charge >= 0.3 is 5.69 Å². The topological polar surface area (TPSA) is 105 Å². The van der Waals surface area contributed by atoms with Crippen molar-refractivity contribution < 1.29 is 9.53 Å². The minimum Gasteiger partial charge on any atom is -0.385 e. The Hall–Kier alpha value is -3.04. The Morgan fingerprint density at radius 3 is 2.93 bits per heavy atom. The molecule has 1 aromatic carbocycles. The van der Waals surface area contributed by atoms with Gasteiger partial charge in [0.25, 0.3) is 5.91 Å². The Labute approximate surface area is 168 Å². The van der Waals surface area contributed by atoms with Crippen LogP contribution in [0.3, 0.4) is 0 Å². The maximum Gasteiger partial charge on any atom is 0.328 e. The number of hydrogen-bond donors (Lipinski definition) is 2. The third kappa shape index (κ3) is 5.07. The summed E-state index contributed by atoms with van der Waals surface area (Å²) in [4.78, 5) is 38.3. The van der Waals surface area contributed by atoms with Crippen LogP contribution < -0.4 is 11.0 Å². The lowest BCUT2D eigenvalue weighted by atomic mass is 10.1. The molecule has 29 heavy (non-hydrogen) atoms. The van der Waals surface area contributed by atoms with Gasteiger partial charge in [0.1, 0.15) is 0 Å². The average molecular weight is 398 g/mol. The highest BCUT2D eigenvalue weighted by Gasteiger charge is 2.12. The average Bonchev–Trinajstić information content (AvgIpc) is 3.02. The van der Waals surface area contributed by atoms with Gasteiger partial charge in [0.2, 0.25) is 0 Å². The zero-order valence-corrected chi connectivity index (χ0v) is 16.9. The van der Waals surface area contributed by atoms with Gasteiger partial charge in [-0.05, 0) is 32.6 Å². The van der Waals surface area contributed by atoms with Gasteiger partial charge in [0, 0.05) is 44.5 Å². The number of fused-ring (bicyclic) bond motifs is 1. The van der Waals surface area contributed by atoms with Gasteiger partial charge in [-0.2, -0.15) is 0 Å². The van der Waals surface area contributed by atoms with Crippen LogP contribution in [0.2, 0.25) is 0 Å². The van der Waals surface area contributed by atoms with Crippen molar-refractivity contribution in [2.45, 2.75) is 13.0 Å². The summed E-state index contributed by atoms with van der Waals surface area (Å²) in [7, 11) is 5.54. The molecule has 0 saturated heterocycles. The molecule has 0 atom stereocenters. The Bertz CT molecular complexity index is 1040. The van der Waals surface area contributed by atoms with Gasteiger partial charge in [-0.1, -0.05) is 12.1 Å². The number of ether oxygens (including phenoxy) is 1. The Kier molecular flexibility index (Phi) is 6.73. The lowest BCUT2D eigenvalue weighted by molar-refractivity contribution is 0.0951. The Morgan fingerprint density at radius 1 is 1.34 bits per heavy atom. The predicted molar refractivity (Wildman–Crippen MR) is 111 cm³/mol. The lowest BCUT2D eigenvalue weighted by Gasteiger charge is -2.11. The molecule has 9 heteroatoms. The van der Waals surface area contributed by atoms with E-state index in [2.05, 4.69) is 20.3 Å². The molecule has 0 fully saturated rings. The minimum atomic E-state index is -0.248. The highest BCUT2D eigenvalue weighted by Crippen LogP contribution is 2.19. The summed E-state index contributed by atoms with van der Waals surface area (Å²) >= 11 is 0. The van der Waals surface area contributed by atoms with E-state index in [0.29, 0.717) is 48.7 Å². The van der Waals surface area contributed by atoms with Crippen molar-refractivity contribution >= 4 is 17.2 Å². The third-order valence-electron chi connectivity index (χ3n) is 4.48. The van der Waals surface area contributed by atoms with Crippen molar-refractivity contribution in [3.05, 3.63) is 46.5 Å². The molecule has 2 heterocycles. The van der Waals surface area contributed by atoms with Crippen molar-refractivity contribution in [3.63, 3.8) is 0 Å². The van der Waals surface area contributed by atoms with Crippen molar-refractivity contribution in [2.75, 3.05) is 40.9 Å². The molecule has 9 nitrogen and oxygen atoms in total. The smallest absolute Gasteiger partial charge is 0.328 e. The third-order valence-corrected chi connectivity index (χ3v) is 4.48. The molecule has 0 radical (unpaired) electrons. The molecule has 3 rings (SSSR count). The van der Waals surface area contributed by atoms with E-state index in [0.717, 1.165) is 12.1 Å². The monoisotopic (exact) mass is 398 g/mol. The Morgan fingerprint density at radius 2 is 2.17 bits per heavy atom. The van der Waals surface area contributed by atoms with E-state index in [1.54, 1.807) is 30.0 Å². The number of nitrogens with zero attached hydrogens (tertiary/aromatic N) is 4. The fourth-order valence-electron chi connectivity index (χ4n) is 2.95. The molecule has 3 aromatic rings. The standard InChI is InChI=1S/C20H26N6O3/c1-25(2)10-8-21-19(27)15-7-4-6-14(12-15)16-13-22-17-18(23-16)26(20(28)24-17)9-5-11-29-3/h4,6-7,12-13H,5,8-11H2,1-3H3,(H,21,27)(H,22,24,28). The quantitative estimate of drug-likeness (QED) is 0.523. The number of imidazole rings is 1. The van der Waals surface area contributed by atoms with Crippen molar-refractivity contribution in [2.24, 2.45) is 0 Å². The summed E-state index contributed by atoms with van der Waals surface area (Å²) in [6.07, 6.45) is 2.29. The van der Waals surface area contributed by atoms with Crippen LogP contribution >= 0.6 is 0 Å². The first-order valence-corrected chi connectivity index (χ1v) is 9.47. The van der Waals surface area contributed by atoms with E-state index in [-0.39, 0.29) is 11.6 Å². The van der Waals surface area contributed by atoms with Gasteiger partial charge in [-0.3, -0.25) is 14.3 Å². The van der Waals surface area contributed by atoms with Crippen LogP contribution in [0.25, 0.3) is 22.6 Å². The second-order valence-electron chi connectivity index (χ2n) is 7.00. The number of carbonyl (C=O) groups excluding carboxylic acids is 1. The van der Waals surface area contributed by atoms with Crippen LogP contribution in [0.15, 0.2) is 35.3 Å². The number of carbonyl (C=O) groups is 1. The number of benzene rings is 1. The molecule has 1 amide bonds. The predicted octanol–water partition coefficient (Wildman–Crippen LogP) is 1.11. The van der Waals surface area contributed by atoms with Crippen LogP contribution in [0.1, 0.15) is 16.8 Å². The molecule has 0 spiro atoms. The number of amides is 1. The molecule has 154 valence electrons. The van der Waals surface area contributed by atoms with Gasteiger partial charge in [0.15, 0.2) is 11.3 Å². The summed E-state index contributed by atoms with van der Waals surface area (Å²) in [5, 5.41) is 2.90. The summed E-state index contributed by atoms with van der Waals surface area (Å²) in [5.74, 6) is -0.138. The largest absolute Gasteiger partial charge is 0.385 e. The molecule has 0 aliphatic rings. The summed E-state index contributed by atoms with van der Waals surface area (Å²) in [5.41, 5.74) is 2.59. The SMILES string of the molecule is COCCCn1c(=O)[nH]c2ncc(-c3cccc(C(=O)NCCN(C)C)c3)nc21. The van der Waals surface area contributed by atoms with Gasteiger partial charge in [0.05, 0.1) is 11.9 Å². The molecule has 0 aliphatic carbocycles. The molecule has 0 saturated carbocycles. The zero-order valence-electron chi connectivity index (χ0n) is 16.9. The zero-order chi connectivity index (χ0) is 20.8. The number of aromatic amines is 1. The molecule has 0 bridgehead atoms. The number of aromatic nitrogens is 4.